The van der Waals surface area contributed by atoms with Crippen molar-refractivity contribution in [2.24, 2.45) is 0 Å². The van der Waals surface area contributed by atoms with E-state index in [-0.39, 0.29) is 0 Å². The molecule has 0 radical (unpaired) electrons. The van der Waals surface area contributed by atoms with Gasteiger partial charge in [0.1, 0.15) is 0 Å². The van der Waals surface area contributed by atoms with Crippen LogP contribution in [0, 0.1) is 6.92 Å². The van der Waals surface area contributed by atoms with E-state index >= 15 is 0 Å². The molecule has 1 aliphatic rings. The molecule has 1 heterocycles. The van der Waals surface area contributed by atoms with Gasteiger partial charge in [0, 0.05) is 17.0 Å². The van der Waals surface area contributed by atoms with Crippen molar-refractivity contribution >= 4 is 10.9 Å². The van der Waals surface area contributed by atoms with E-state index in [1.165, 1.54) is 35.0 Å². The third-order valence-corrected chi connectivity index (χ3v) is 3.43. The molecule has 0 atom stereocenters. The van der Waals surface area contributed by atoms with Crippen LogP contribution in [0.4, 0.5) is 0 Å². The SMILES string of the molecule is CCc1c(C)ccc2n[nH]c(C3CC3)c12. The van der Waals surface area contributed by atoms with E-state index in [4.69, 9.17) is 0 Å². The van der Waals surface area contributed by atoms with Crippen LogP contribution < -0.4 is 0 Å². The maximum atomic E-state index is 4.40. The zero-order valence-electron chi connectivity index (χ0n) is 9.30. The van der Waals surface area contributed by atoms with Crippen molar-refractivity contribution in [2.75, 3.05) is 0 Å². The van der Waals surface area contributed by atoms with Gasteiger partial charge in [0.05, 0.1) is 5.52 Å². The van der Waals surface area contributed by atoms with Gasteiger partial charge in [-0.1, -0.05) is 13.0 Å². The van der Waals surface area contributed by atoms with Crippen LogP contribution >= 0.6 is 0 Å². The predicted molar refractivity (Wildman–Crippen MR) is 62.2 cm³/mol. The minimum atomic E-state index is 0.752. The third kappa shape index (κ3) is 1.28. The average Bonchev–Trinajstić information content (AvgIpc) is 2.99. The van der Waals surface area contributed by atoms with E-state index in [1.54, 1.807) is 0 Å². The summed E-state index contributed by atoms with van der Waals surface area (Å²) in [5.41, 5.74) is 5.39. The lowest BCUT2D eigenvalue weighted by atomic mass is 9.99. The molecule has 0 saturated heterocycles. The highest BCUT2D eigenvalue weighted by Crippen LogP contribution is 2.43. The zero-order chi connectivity index (χ0) is 10.4. The van der Waals surface area contributed by atoms with Crippen LogP contribution in [0.3, 0.4) is 0 Å². The molecular weight excluding hydrogens is 184 g/mol. The second-order valence-electron chi connectivity index (χ2n) is 4.52. The van der Waals surface area contributed by atoms with E-state index in [1.807, 2.05) is 0 Å². The molecule has 0 spiro atoms. The van der Waals surface area contributed by atoms with Crippen molar-refractivity contribution in [1.29, 1.82) is 0 Å². The standard InChI is InChI=1S/C13H16N2/c1-3-10-8(2)4-7-11-12(10)13(15-14-11)9-5-6-9/h4,7,9H,3,5-6H2,1-2H3,(H,14,15). The Hall–Kier alpha value is -1.31. The van der Waals surface area contributed by atoms with Crippen molar-refractivity contribution in [1.82, 2.24) is 10.2 Å². The molecule has 2 nitrogen and oxygen atoms in total. The highest BCUT2D eigenvalue weighted by Gasteiger charge is 2.28. The second kappa shape index (κ2) is 3.09. The Kier molecular flexibility index (Phi) is 1.84. The fourth-order valence-electron chi connectivity index (χ4n) is 2.43. The number of rotatable bonds is 2. The molecule has 0 aliphatic heterocycles. The Morgan fingerprint density at radius 3 is 2.87 bits per heavy atom. The summed E-state index contributed by atoms with van der Waals surface area (Å²) in [7, 11) is 0. The van der Waals surface area contributed by atoms with E-state index in [0.29, 0.717) is 0 Å². The van der Waals surface area contributed by atoms with Gasteiger partial charge >= 0.3 is 0 Å². The first-order chi connectivity index (χ1) is 7.31. The van der Waals surface area contributed by atoms with Crippen molar-refractivity contribution in [3.8, 4) is 0 Å². The number of aromatic nitrogens is 2. The summed E-state index contributed by atoms with van der Waals surface area (Å²) in [6, 6.07) is 4.31. The Morgan fingerprint density at radius 2 is 2.20 bits per heavy atom. The first-order valence-electron chi connectivity index (χ1n) is 5.77. The van der Waals surface area contributed by atoms with E-state index < -0.39 is 0 Å². The summed E-state index contributed by atoms with van der Waals surface area (Å²) in [6.07, 6.45) is 3.76. The maximum Gasteiger partial charge on any atom is 0.0926 e. The van der Waals surface area contributed by atoms with Gasteiger partial charge < -0.3 is 0 Å². The number of hydrogen-bond acceptors (Lipinski definition) is 1. The molecule has 1 N–H and O–H groups in total. The van der Waals surface area contributed by atoms with Crippen LogP contribution in [-0.2, 0) is 6.42 Å². The normalized spacial score (nSPS) is 16.1. The Morgan fingerprint density at radius 1 is 1.40 bits per heavy atom. The number of H-pyrrole nitrogens is 1. The average molecular weight is 200 g/mol. The Labute approximate surface area is 89.7 Å². The molecule has 0 bridgehead atoms. The molecule has 3 rings (SSSR count). The summed E-state index contributed by atoms with van der Waals surface area (Å²) in [5, 5.41) is 9.04. The predicted octanol–water partition coefficient (Wildman–Crippen LogP) is 3.31. The number of aromatic amines is 1. The molecule has 1 aliphatic carbocycles. The summed E-state index contributed by atoms with van der Waals surface area (Å²) in [5.74, 6) is 0.752. The van der Waals surface area contributed by atoms with E-state index in [9.17, 15) is 0 Å². The minimum absolute atomic E-state index is 0.752. The quantitative estimate of drug-likeness (QED) is 0.791. The fraction of sp³-hybridized carbons (Fsp3) is 0.462. The van der Waals surface area contributed by atoms with Crippen molar-refractivity contribution in [3.63, 3.8) is 0 Å². The topological polar surface area (TPSA) is 28.7 Å². The molecule has 2 aromatic rings. The van der Waals surface area contributed by atoms with Crippen LogP contribution in [0.5, 0.6) is 0 Å². The molecule has 1 aromatic heterocycles. The lowest BCUT2D eigenvalue weighted by molar-refractivity contribution is 0.976. The monoisotopic (exact) mass is 200 g/mol. The summed E-state index contributed by atoms with van der Waals surface area (Å²) in [4.78, 5) is 0. The summed E-state index contributed by atoms with van der Waals surface area (Å²) < 4.78 is 0. The van der Waals surface area contributed by atoms with Gasteiger partial charge in [-0.25, -0.2) is 0 Å². The molecule has 78 valence electrons. The van der Waals surface area contributed by atoms with Crippen molar-refractivity contribution in [3.05, 3.63) is 29.0 Å². The molecule has 0 unspecified atom stereocenters. The number of hydrogen-bond donors (Lipinski definition) is 1. The molecule has 1 fully saturated rings. The van der Waals surface area contributed by atoms with Gasteiger partial charge in [-0.3, -0.25) is 5.10 Å². The van der Waals surface area contributed by atoms with Crippen LogP contribution in [0.2, 0.25) is 0 Å². The van der Waals surface area contributed by atoms with Gasteiger partial charge in [-0.2, -0.15) is 5.10 Å². The van der Waals surface area contributed by atoms with Crippen molar-refractivity contribution in [2.45, 2.75) is 39.0 Å². The minimum Gasteiger partial charge on any atom is -0.281 e. The zero-order valence-corrected chi connectivity index (χ0v) is 9.30. The molecule has 15 heavy (non-hydrogen) atoms. The van der Waals surface area contributed by atoms with E-state index in [2.05, 4.69) is 36.2 Å². The second-order valence-corrected chi connectivity index (χ2v) is 4.52. The lowest BCUT2D eigenvalue weighted by Gasteiger charge is -2.05. The number of fused-ring (bicyclic) bond motifs is 1. The molecule has 2 heteroatoms. The highest BCUT2D eigenvalue weighted by atomic mass is 15.1. The van der Waals surface area contributed by atoms with Gasteiger partial charge in [0.15, 0.2) is 0 Å². The number of benzene rings is 1. The first kappa shape index (κ1) is 8.96. The fourth-order valence-corrected chi connectivity index (χ4v) is 2.43. The largest absolute Gasteiger partial charge is 0.281 e. The van der Waals surface area contributed by atoms with Crippen LogP contribution in [-0.4, -0.2) is 10.2 Å². The van der Waals surface area contributed by atoms with Gasteiger partial charge in [0.2, 0.25) is 0 Å². The van der Waals surface area contributed by atoms with Crippen LogP contribution in [0.25, 0.3) is 10.9 Å². The smallest absolute Gasteiger partial charge is 0.0926 e. The number of nitrogens with one attached hydrogen (secondary N) is 1. The molecule has 1 saturated carbocycles. The van der Waals surface area contributed by atoms with Crippen LogP contribution in [0.1, 0.15) is 42.5 Å². The third-order valence-electron chi connectivity index (χ3n) is 3.43. The Bertz CT molecular complexity index is 506. The lowest BCUT2D eigenvalue weighted by Crippen LogP contribution is -1.90. The first-order valence-corrected chi connectivity index (χ1v) is 5.77. The summed E-state index contributed by atoms with van der Waals surface area (Å²) >= 11 is 0. The summed E-state index contributed by atoms with van der Waals surface area (Å²) in [6.45, 7) is 4.42. The van der Waals surface area contributed by atoms with E-state index in [0.717, 1.165) is 17.9 Å². The van der Waals surface area contributed by atoms with Gasteiger partial charge in [0.25, 0.3) is 0 Å². The number of nitrogens with zero attached hydrogens (tertiary/aromatic N) is 1. The van der Waals surface area contributed by atoms with Gasteiger partial charge in [-0.05, 0) is 43.4 Å². The molecule has 1 aromatic carbocycles. The molecule has 0 amide bonds. The molecular formula is C13H16N2. The number of aryl methyl sites for hydroxylation is 2. The maximum absolute atomic E-state index is 4.40. The van der Waals surface area contributed by atoms with Crippen molar-refractivity contribution < 1.29 is 0 Å². The highest BCUT2D eigenvalue weighted by molar-refractivity contribution is 5.86. The Balaban J connectivity index is 2.33. The van der Waals surface area contributed by atoms with Gasteiger partial charge in [-0.15, -0.1) is 0 Å². The van der Waals surface area contributed by atoms with Crippen LogP contribution in [0.15, 0.2) is 12.1 Å².